The third-order valence-electron chi connectivity index (χ3n) is 3.18. The second-order valence-corrected chi connectivity index (χ2v) is 4.82. The molecule has 1 unspecified atom stereocenters. The molecule has 0 aliphatic carbocycles. The molecule has 0 aromatic rings. The molecule has 1 atom stereocenters. The molecule has 1 rings (SSSR count). The number of hydrogen-bond acceptors (Lipinski definition) is 3. The Kier molecular flexibility index (Phi) is 4.54. The fourth-order valence-corrected chi connectivity index (χ4v) is 2.09. The van der Waals surface area contributed by atoms with Gasteiger partial charge in [-0.2, -0.15) is 0 Å². The van der Waals surface area contributed by atoms with Gasteiger partial charge in [0.15, 0.2) is 0 Å². The van der Waals surface area contributed by atoms with E-state index in [0.717, 1.165) is 19.5 Å². The Balaban J connectivity index is 2.32. The summed E-state index contributed by atoms with van der Waals surface area (Å²) in [6, 6.07) is -0.312. The minimum Gasteiger partial charge on any atom is -0.347 e. The zero-order valence-corrected chi connectivity index (χ0v) is 10.1. The van der Waals surface area contributed by atoms with Crippen molar-refractivity contribution in [2.24, 2.45) is 11.7 Å². The maximum atomic E-state index is 11.6. The molecule has 4 heteroatoms. The van der Waals surface area contributed by atoms with Gasteiger partial charge in [0.2, 0.25) is 5.91 Å². The van der Waals surface area contributed by atoms with Crippen LogP contribution in [0.5, 0.6) is 0 Å². The molecule has 0 spiro atoms. The van der Waals surface area contributed by atoms with Crippen molar-refractivity contribution in [3.8, 4) is 0 Å². The highest BCUT2D eigenvalue weighted by Gasteiger charge is 2.23. The summed E-state index contributed by atoms with van der Waals surface area (Å²) in [5.41, 5.74) is 5.88. The molecule has 0 bridgehead atoms. The van der Waals surface area contributed by atoms with Gasteiger partial charge in [-0.15, -0.1) is 0 Å². The van der Waals surface area contributed by atoms with Gasteiger partial charge in [-0.3, -0.25) is 4.79 Å². The van der Waals surface area contributed by atoms with Crippen LogP contribution in [0.3, 0.4) is 0 Å². The molecule has 4 nitrogen and oxygen atoms in total. The van der Waals surface area contributed by atoms with E-state index in [1.807, 2.05) is 0 Å². The minimum absolute atomic E-state index is 0.0499. The third-order valence-corrected chi connectivity index (χ3v) is 3.18. The van der Waals surface area contributed by atoms with E-state index in [4.69, 9.17) is 5.73 Å². The van der Waals surface area contributed by atoms with Gasteiger partial charge in [-0.05, 0) is 45.3 Å². The van der Waals surface area contributed by atoms with E-state index in [9.17, 15) is 4.79 Å². The summed E-state index contributed by atoms with van der Waals surface area (Å²) in [6.07, 6.45) is 3.18. The molecular formula is C11H23N3O. The van der Waals surface area contributed by atoms with Crippen molar-refractivity contribution in [2.75, 3.05) is 34.2 Å². The predicted octanol–water partition coefficient (Wildman–Crippen LogP) is 0.134. The van der Waals surface area contributed by atoms with Gasteiger partial charge >= 0.3 is 0 Å². The largest absolute Gasteiger partial charge is 0.347 e. The Morgan fingerprint density at radius 2 is 2.00 bits per heavy atom. The summed E-state index contributed by atoms with van der Waals surface area (Å²) in [6.45, 7) is 2.26. The quantitative estimate of drug-likeness (QED) is 0.725. The number of carbonyl (C=O) groups excluding carboxylic acids is 1. The lowest BCUT2D eigenvalue weighted by molar-refractivity contribution is -0.130. The molecule has 1 fully saturated rings. The van der Waals surface area contributed by atoms with Crippen molar-refractivity contribution >= 4 is 5.91 Å². The summed E-state index contributed by atoms with van der Waals surface area (Å²) < 4.78 is 0. The highest BCUT2D eigenvalue weighted by atomic mass is 16.2. The average molecular weight is 213 g/mol. The third kappa shape index (κ3) is 3.80. The maximum absolute atomic E-state index is 11.6. The van der Waals surface area contributed by atoms with Crippen molar-refractivity contribution in [1.29, 1.82) is 0 Å². The number of likely N-dealkylation sites (N-methyl/N-ethyl adjacent to an activating group) is 1. The standard InChI is InChI=1S/C11H23N3O/c1-13(2)11(15)10(12)8-9-4-6-14(3)7-5-9/h9-10H,4-8,12H2,1-3H3. The molecule has 88 valence electrons. The molecule has 1 aliphatic rings. The SMILES string of the molecule is CN1CCC(CC(N)C(=O)N(C)C)CC1. The molecule has 1 amide bonds. The Morgan fingerprint density at radius 3 is 2.47 bits per heavy atom. The zero-order chi connectivity index (χ0) is 11.4. The van der Waals surface area contributed by atoms with E-state index in [-0.39, 0.29) is 11.9 Å². The normalized spacial score (nSPS) is 21.3. The number of carbonyl (C=O) groups is 1. The van der Waals surface area contributed by atoms with E-state index in [0.29, 0.717) is 5.92 Å². The molecule has 1 aliphatic heterocycles. The van der Waals surface area contributed by atoms with E-state index in [1.165, 1.54) is 12.8 Å². The number of amides is 1. The van der Waals surface area contributed by atoms with Gasteiger partial charge in [0.1, 0.15) is 0 Å². The van der Waals surface area contributed by atoms with Gasteiger partial charge in [0.05, 0.1) is 6.04 Å². The first-order chi connectivity index (χ1) is 7.00. The van der Waals surface area contributed by atoms with Crippen LogP contribution in [-0.4, -0.2) is 56.0 Å². The molecule has 0 radical (unpaired) electrons. The van der Waals surface area contributed by atoms with E-state index < -0.39 is 0 Å². The Labute approximate surface area is 92.4 Å². The summed E-state index contributed by atoms with van der Waals surface area (Å²) in [5, 5.41) is 0. The monoisotopic (exact) mass is 213 g/mol. The van der Waals surface area contributed by atoms with Crippen LogP contribution in [0, 0.1) is 5.92 Å². The van der Waals surface area contributed by atoms with Gasteiger partial charge < -0.3 is 15.5 Å². The number of rotatable bonds is 3. The van der Waals surface area contributed by atoms with Gasteiger partial charge in [0, 0.05) is 14.1 Å². The fraction of sp³-hybridized carbons (Fsp3) is 0.909. The van der Waals surface area contributed by atoms with Crippen molar-refractivity contribution in [2.45, 2.75) is 25.3 Å². The first kappa shape index (κ1) is 12.5. The van der Waals surface area contributed by atoms with Crippen molar-refractivity contribution in [3.63, 3.8) is 0 Å². The van der Waals surface area contributed by atoms with Crippen LogP contribution in [0.15, 0.2) is 0 Å². The Morgan fingerprint density at radius 1 is 1.47 bits per heavy atom. The maximum Gasteiger partial charge on any atom is 0.238 e. The molecule has 1 heterocycles. The van der Waals surface area contributed by atoms with Crippen LogP contribution in [0.25, 0.3) is 0 Å². The van der Waals surface area contributed by atoms with Crippen LogP contribution in [0.2, 0.25) is 0 Å². The van der Waals surface area contributed by atoms with Gasteiger partial charge in [0.25, 0.3) is 0 Å². The van der Waals surface area contributed by atoms with E-state index in [1.54, 1.807) is 19.0 Å². The topological polar surface area (TPSA) is 49.6 Å². The first-order valence-corrected chi connectivity index (χ1v) is 5.66. The zero-order valence-electron chi connectivity index (χ0n) is 10.1. The molecule has 0 aromatic heterocycles. The molecule has 2 N–H and O–H groups in total. The summed E-state index contributed by atoms with van der Waals surface area (Å²) in [4.78, 5) is 15.5. The average Bonchev–Trinajstić information content (AvgIpc) is 2.20. The number of hydrogen-bond donors (Lipinski definition) is 1. The number of nitrogens with zero attached hydrogens (tertiary/aromatic N) is 2. The fourth-order valence-electron chi connectivity index (χ4n) is 2.09. The first-order valence-electron chi connectivity index (χ1n) is 5.66. The molecule has 1 saturated heterocycles. The lowest BCUT2D eigenvalue weighted by atomic mass is 9.90. The van der Waals surface area contributed by atoms with Crippen LogP contribution < -0.4 is 5.73 Å². The van der Waals surface area contributed by atoms with Crippen molar-refractivity contribution < 1.29 is 4.79 Å². The Hall–Kier alpha value is -0.610. The van der Waals surface area contributed by atoms with Gasteiger partial charge in [-0.1, -0.05) is 0 Å². The van der Waals surface area contributed by atoms with E-state index in [2.05, 4.69) is 11.9 Å². The Bertz CT molecular complexity index is 210. The lowest BCUT2D eigenvalue weighted by Crippen LogP contribution is -2.42. The van der Waals surface area contributed by atoms with Crippen LogP contribution >= 0.6 is 0 Å². The molecule has 15 heavy (non-hydrogen) atoms. The highest BCUT2D eigenvalue weighted by molar-refractivity contribution is 5.81. The number of likely N-dealkylation sites (tertiary alicyclic amines) is 1. The summed E-state index contributed by atoms with van der Waals surface area (Å²) in [7, 11) is 5.66. The second kappa shape index (κ2) is 5.47. The summed E-state index contributed by atoms with van der Waals surface area (Å²) in [5.74, 6) is 0.675. The second-order valence-electron chi connectivity index (χ2n) is 4.82. The van der Waals surface area contributed by atoms with Crippen LogP contribution in [-0.2, 0) is 4.79 Å². The summed E-state index contributed by atoms with van der Waals surface area (Å²) >= 11 is 0. The molecule has 0 aromatic carbocycles. The van der Waals surface area contributed by atoms with Crippen LogP contribution in [0.1, 0.15) is 19.3 Å². The smallest absolute Gasteiger partial charge is 0.238 e. The number of nitrogens with two attached hydrogens (primary N) is 1. The number of piperidine rings is 1. The minimum atomic E-state index is -0.312. The highest BCUT2D eigenvalue weighted by Crippen LogP contribution is 2.20. The molecular weight excluding hydrogens is 190 g/mol. The van der Waals surface area contributed by atoms with E-state index >= 15 is 0 Å². The van der Waals surface area contributed by atoms with Crippen molar-refractivity contribution in [1.82, 2.24) is 9.80 Å². The lowest BCUT2D eigenvalue weighted by Gasteiger charge is -2.30. The van der Waals surface area contributed by atoms with Gasteiger partial charge in [-0.25, -0.2) is 0 Å². The van der Waals surface area contributed by atoms with Crippen molar-refractivity contribution in [3.05, 3.63) is 0 Å². The predicted molar refractivity (Wildman–Crippen MR) is 61.5 cm³/mol. The molecule has 0 saturated carbocycles. The van der Waals surface area contributed by atoms with Crippen LogP contribution in [0.4, 0.5) is 0 Å².